The van der Waals surface area contributed by atoms with E-state index in [9.17, 15) is 18.3 Å². The Morgan fingerprint density at radius 1 is 1.20 bits per heavy atom. The number of nitrogens with zero attached hydrogens (tertiary/aromatic N) is 4. The molecule has 1 aromatic carbocycles. The highest BCUT2D eigenvalue weighted by Gasteiger charge is 2.36. The first-order chi connectivity index (χ1) is 16.4. The smallest absolute Gasteiger partial charge is 0.407 e. The number of imidazole rings is 1. The van der Waals surface area contributed by atoms with Gasteiger partial charge in [-0.1, -0.05) is 6.07 Å². The van der Waals surface area contributed by atoms with Crippen LogP contribution in [0.2, 0.25) is 0 Å². The van der Waals surface area contributed by atoms with Crippen LogP contribution in [0.15, 0.2) is 41.7 Å². The second kappa shape index (κ2) is 9.12. The Kier molecular flexibility index (Phi) is 6.50. The number of amides is 1. The van der Waals surface area contributed by atoms with Crippen molar-refractivity contribution in [3.05, 3.63) is 42.4 Å². The molecule has 0 bridgehead atoms. The Bertz CT molecular complexity index is 1350. The van der Waals surface area contributed by atoms with E-state index in [1.807, 2.05) is 27.7 Å². The first-order valence-electron chi connectivity index (χ1n) is 11.6. The fourth-order valence-electron chi connectivity index (χ4n) is 4.91. The van der Waals surface area contributed by atoms with Gasteiger partial charge in [-0.25, -0.2) is 27.9 Å². The third-order valence-electron chi connectivity index (χ3n) is 6.56. The van der Waals surface area contributed by atoms with Gasteiger partial charge in [-0.15, -0.1) is 0 Å². The average Bonchev–Trinajstić information content (AvgIpc) is 3.19. The van der Waals surface area contributed by atoms with Gasteiger partial charge in [0.1, 0.15) is 0 Å². The van der Waals surface area contributed by atoms with Gasteiger partial charge in [0.25, 0.3) is 0 Å². The van der Waals surface area contributed by atoms with E-state index in [1.165, 1.54) is 4.90 Å². The van der Waals surface area contributed by atoms with Gasteiger partial charge >= 0.3 is 6.09 Å². The van der Waals surface area contributed by atoms with Crippen molar-refractivity contribution in [1.29, 1.82) is 0 Å². The van der Waals surface area contributed by atoms with Crippen molar-refractivity contribution < 1.29 is 18.3 Å². The highest BCUT2D eigenvalue weighted by atomic mass is 32.2. The normalized spacial score (nSPS) is 19.1. The number of sulfonamides is 1. The summed E-state index contributed by atoms with van der Waals surface area (Å²) >= 11 is 0. The number of rotatable bonds is 5. The molecule has 2 aromatic heterocycles. The molecule has 1 aliphatic carbocycles. The number of hydrogen-bond donors (Lipinski definition) is 3. The maximum absolute atomic E-state index is 13.3. The fourth-order valence-corrected chi connectivity index (χ4v) is 6.24. The lowest BCUT2D eigenvalue weighted by Gasteiger charge is -2.42. The summed E-state index contributed by atoms with van der Waals surface area (Å²) in [6.45, 7) is 7.53. The summed E-state index contributed by atoms with van der Waals surface area (Å²) in [5.41, 5.74) is 8.27. The summed E-state index contributed by atoms with van der Waals surface area (Å²) < 4.78 is 31.2. The highest BCUT2D eigenvalue weighted by molar-refractivity contribution is 7.89. The lowest BCUT2D eigenvalue weighted by molar-refractivity contribution is 0.0541. The van der Waals surface area contributed by atoms with Crippen molar-refractivity contribution in [1.82, 2.24) is 24.0 Å². The standard InChI is InChI=1S/C24H32N6O4S/c1-15-5-10-18(13-19(15)20-14-27-22-21(25)26-11-12-29(20)22)35(33,34)28-16-6-8-17(9-7-16)30(23(31)32)24(2,3)4/h5,10-14,16-17,28H,6-9H2,1-4H3,(H2,25,26)(H,31,32). The zero-order chi connectivity index (χ0) is 25.5. The SMILES string of the molecule is Cc1ccc(S(=O)(=O)NC2CCC(N(C(=O)O)C(C)(C)C)CC2)cc1-c1cnc2c(N)nccn12. The van der Waals surface area contributed by atoms with Crippen LogP contribution in [0.1, 0.15) is 52.0 Å². The molecule has 0 aliphatic heterocycles. The molecule has 1 amide bonds. The number of carboxylic acid groups (broad SMARTS) is 1. The molecule has 1 saturated carbocycles. The molecule has 11 heteroatoms. The van der Waals surface area contributed by atoms with Gasteiger partial charge in [-0.2, -0.15) is 0 Å². The number of fused-ring (bicyclic) bond motifs is 1. The van der Waals surface area contributed by atoms with Gasteiger partial charge in [0.05, 0.1) is 16.8 Å². The number of nitrogens with two attached hydrogens (primary N) is 1. The predicted octanol–water partition coefficient (Wildman–Crippen LogP) is 3.65. The van der Waals surface area contributed by atoms with Crippen molar-refractivity contribution in [2.75, 3.05) is 5.73 Å². The molecule has 0 saturated heterocycles. The lowest BCUT2D eigenvalue weighted by Crippen LogP contribution is -2.53. The molecule has 0 spiro atoms. The minimum absolute atomic E-state index is 0.128. The number of anilines is 1. The minimum atomic E-state index is -3.78. The molecule has 2 heterocycles. The molecule has 4 rings (SSSR count). The largest absolute Gasteiger partial charge is 0.465 e. The van der Waals surface area contributed by atoms with Crippen LogP contribution in [0.4, 0.5) is 10.6 Å². The summed E-state index contributed by atoms with van der Waals surface area (Å²) in [5, 5.41) is 9.67. The van der Waals surface area contributed by atoms with Crippen molar-refractivity contribution in [2.24, 2.45) is 0 Å². The van der Waals surface area contributed by atoms with Crippen LogP contribution in [0, 0.1) is 6.92 Å². The van der Waals surface area contributed by atoms with Gasteiger partial charge < -0.3 is 15.7 Å². The topological polar surface area (TPSA) is 143 Å². The Morgan fingerprint density at radius 2 is 1.89 bits per heavy atom. The van der Waals surface area contributed by atoms with Crippen LogP contribution in [-0.4, -0.2) is 56.5 Å². The first kappa shape index (κ1) is 24.9. The number of nitrogens with one attached hydrogen (secondary N) is 1. The molecule has 0 radical (unpaired) electrons. The summed E-state index contributed by atoms with van der Waals surface area (Å²) in [4.78, 5) is 21.8. The molecular formula is C24H32N6O4S. The van der Waals surface area contributed by atoms with Crippen molar-refractivity contribution >= 4 is 27.6 Å². The summed E-state index contributed by atoms with van der Waals surface area (Å²) in [6.07, 6.45) is 6.38. The Morgan fingerprint density at radius 3 is 2.51 bits per heavy atom. The highest BCUT2D eigenvalue weighted by Crippen LogP contribution is 2.31. The molecule has 188 valence electrons. The molecule has 1 aliphatic rings. The Labute approximate surface area is 205 Å². The Hall–Kier alpha value is -3.18. The number of nitrogen functional groups attached to an aromatic ring is 1. The molecule has 0 unspecified atom stereocenters. The van der Waals surface area contributed by atoms with Gasteiger partial charge in [-0.05, 0) is 71.1 Å². The molecule has 3 aromatic rings. The van der Waals surface area contributed by atoms with Gasteiger partial charge in [0.15, 0.2) is 11.5 Å². The van der Waals surface area contributed by atoms with E-state index in [0.29, 0.717) is 37.1 Å². The summed E-state index contributed by atoms with van der Waals surface area (Å²) in [6, 6.07) is 4.64. The fraction of sp³-hybridized carbons (Fsp3) is 0.458. The molecule has 10 nitrogen and oxygen atoms in total. The van der Waals surface area contributed by atoms with Crippen LogP contribution < -0.4 is 10.5 Å². The number of aryl methyl sites for hydroxylation is 1. The quantitative estimate of drug-likeness (QED) is 0.485. The first-order valence-corrected chi connectivity index (χ1v) is 13.1. The van der Waals surface area contributed by atoms with E-state index in [-0.39, 0.29) is 17.0 Å². The maximum atomic E-state index is 13.3. The molecular weight excluding hydrogens is 468 g/mol. The zero-order valence-corrected chi connectivity index (χ0v) is 21.2. The van der Waals surface area contributed by atoms with E-state index < -0.39 is 21.7 Å². The number of carbonyl (C=O) groups is 1. The van der Waals surface area contributed by atoms with Crippen molar-refractivity contribution in [3.63, 3.8) is 0 Å². The third kappa shape index (κ3) is 4.96. The van der Waals surface area contributed by atoms with E-state index in [0.717, 1.165) is 16.8 Å². The molecule has 0 atom stereocenters. The van der Waals surface area contributed by atoms with Gasteiger partial charge in [0, 0.05) is 35.6 Å². The number of aromatic nitrogens is 3. The maximum Gasteiger partial charge on any atom is 0.407 e. The molecule has 1 fully saturated rings. The van der Waals surface area contributed by atoms with E-state index >= 15 is 0 Å². The lowest BCUT2D eigenvalue weighted by atomic mass is 9.88. The number of hydrogen-bond acceptors (Lipinski definition) is 6. The van der Waals surface area contributed by atoms with Crippen molar-refractivity contribution in [3.8, 4) is 11.3 Å². The predicted molar refractivity (Wildman–Crippen MR) is 134 cm³/mol. The summed E-state index contributed by atoms with van der Waals surface area (Å²) in [7, 11) is -3.78. The second-order valence-corrected chi connectivity index (χ2v) is 11.8. The van der Waals surface area contributed by atoms with Crippen molar-refractivity contribution in [2.45, 2.75) is 75.9 Å². The van der Waals surface area contributed by atoms with Crippen LogP contribution in [-0.2, 0) is 10.0 Å². The monoisotopic (exact) mass is 500 g/mol. The molecule has 4 N–H and O–H groups in total. The summed E-state index contributed by atoms with van der Waals surface area (Å²) in [5.74, 6) is 0.297. The van der Waals surface area contributed by atoms with Crippen LogP contribution in [0.25, 0.3) is 16.9 Å². The van der Waals surface area contributed by atoms with E-state index in [1.54, 1.807) is 41.2 Å². The zero-order valence-electron chi connectivity index (χ0n) is 20.4. The van der Waals surface area contributed by atoms with Crippen LogP contribution in [0.5, 0.6) is 0 Å². The third-order valence-corrected chi connectivity index (χ3v) is 8.08. The van der Waals surface area contributed by atoms with Gasteiger partial charge in [-0.3, -0.25) is 4.40 Å². The Balaban J connectivity index is 1.53. The second-order valence-electron chi connectivity index (χ2n) is 10.1. The van der Waals surface area contributed by atoms with Crippen LogP contribution in [0.3, 0.4) is 0 Å². The van der Waals surface area contributed by atoms with E-state index in [2.05, 4.69) is 14.7 Å². The average molecular weight is 501 g/mol. The van der Waals surface area contributed by atoms with Gasteiger partial charge in [0.2, 0.25) is 10.0 Å². The number of benzene rings is 1. The molecule has 35 heavy (non-hydrogen) atoms. The minimum Gasteiger partial charge on any atom is -0.465 e. The van der Waals surface area contributed by atoms with E-state index in [4.69, 9.17) is 5.73 Å². The van der Waals surface area contributed by atoms with Crippen LogP contribution >= 0.6 is 0 Å².